The first-order valence-corrected chi connectivity index (χ1v) is 7.96. The average Bonchev–Trinajstić information content (AvgIpc) is 2.50. The van der Waals surface area contributed by atoms with Crippen LogP contribution in [0.25, 0.3) is 0 Å². The van der Waals surface area contributed by atoms with Gasteiger partial charge in [-0.25, -0.2) is 0 Å². The van der Waals surface area contributed by atoms with Gasteiger partial charge in [0.25, 0.3) is 0 Å². The molecule has 1 amide bonds. The Morgan fingerprint density at radius 3 is 2.50 bits per heavy atom. The molecule has 0 aliphatic carbocycles. The van der Waals surface area contributed by atoms with E-state index >= 15 is 0 Å². The van der Waals surface area contributed by atoms with Crippen LogP contribution in [0.2, 0.25) is 0 Å². The number of rotatable bonds is 5. The second-order valence-corrected chi connectivity index (χ2v) is 6.04. The number of aryl methyl sites for hydroxylation is 2. The lowest BCUT2D eigenvalue weighted by molar-refractivity contribution is -0.115. The number of amides is 1. The van der Waals surface area contributed by atoms with Crippen LogP contribution < -0.4 is 5.32 Å². The van der Waals surface area contributed by atoms with Gasteiger partial charge in [-0.05, 0) is 54.5 Å². The van der Waals surface area contributed by atoms with Gasteiger partial charge in [-0.1, -0.05) is 50.2 Å². The number of anilines is 1. The van der Waals surface area contributed by atoms with Crippen molar-refractivity contribution in [3.05, 3.63) is 64.7 Å². The molecule has 0 aromatic heterocycles. The summed E-state index contributed by atoms with van der Waals surface area (Å²) >= 11 is 0. The van der Waals surface area contributed by atoms with Crippen molar-refractivity contribution in [2.75, 3.05) is 5.32 Å². The van der Waals surface area contributed by atoms with Crippen LogP contribution in [0.15, 0.2) is 42.5 Å². The number of para-hydroxylation sites is 1. The number of carbonyl (C=O) groups is 1. The molecule has 0 aliphatic heterocycles. The molecule has 0 heterocycles. The zero-order valence-electron chi connectivity index (χ0n) is 13.9. The van der Waals surface area contributed by atoms with Crippen molar-refractivity contribution in [1.82, 2.24) is 0 Å². The summed E-state index contributed by atoms with van der Waals surface area (Å²) in [5.74, 6) is 0.483. The Hall–Kier alpha value is -2.09. The lowest BCUT2D eigenvalue weighted by atomic mass is 9.96. The Kier molecular flexibility index (Phi) is 5.37. The predicted octanol–water partition coefficient (Wildman–Crippen LogP) is 5.00. The van der Waals surface area contributed by atoms with E-state index in [2.05, 4.69) is 51.2 Å². The number of benzene rings is 2. The van der Waals surface area contributed by atoms with E-state index in [4.69, 9.17) is 0 Å². The molecule has 0 saturated heterocycles. The molecule has 1 atom stereocenters. The highest BCUT2D eigenvalue weighted by Gasteiger charge is 2.11. The van der Waals surface area contributed by atoms with Crippen molar-refractivity contribution in [3.63, 3.8) is 0 Å². The van der Waals surface area contributed by atoms with Gasteiger partial charge in [-0.15, -0.1) is 0 Å². The molecule has 0 spiro atoms. The maximum absolute atomic E-state index is 12.3. The minimum Gasteiger partial charge on any atom is -0.326 e. The van der Waals surface area contributed by atoms with Crippen LogP contribution in [-0.4, -0.2) is 5.91 Å². The van der Waals surface area contributed by atoms with E-state index in [1.165, 1.54) is 16.7 Å². The van der Waals surface area contributed by atoms with E-state index < -0.39 is 0 Å². The van der Waals surface area contributed by atoms with Gasteiger partial charge >= 0.3 is 0 Å². The van der Waals surface area contributed by atoms with Gasteiger partial charge in [0, 0.05) is 5.69 Å². The van der Waals surface area contributed by atoms with Crippen molar-refractivity contribution < 1.29 is 4.79 Å². The topological polar surface area (TPSA) is 29.1 Å². The zero-order chi connectivity index (χ0) is 16.1. The van der Waals surface area contributed by atoms with E-state index in [1.54, 1.807) is 0 Å². The van der Waals surface area contributed by atoms with Crippen molar-refractivity contribution in [2.45, 2.75) is 46.5 Å². The zero-order valence-corrected chi connectivity index (χ0v) is 13.9. The second kappa shape index (κ2) is 7.26. The van der Waals surface area contributed by atoms with Crippen molar-refractivity contribution in [1.29, 1.82) is 0 Å². The molecule has 0 bridgehead atoms. The van der Waals surface area contributed by atoms with Crippen LogP contribution in [0.4, 0.5) is 5.69 Å². The fraction of sp³-hybridized carbons (Fsp3) is 0.350. The van der Waals surface area contributed by atoms with Crippen molar-refractivity contribution in [2.24, 2.45) is 0 Å². The van der Waals surface area contributed by atoms with Crippen molar-refractivity contribution in [3.8, 4) is 0 Å². The molecule has 2 heteroatoms. The first kappa shape index (κ1) is 16.3. The average molecular weight is 295 g/mol. The minimum absolute atomic E-state index is 0.0407. The fourth-order valence-electron chi connectivity index (χ4n) is 2.55. The van der Waals surface area contributed by atoms with Gasteiger partial charge in [-0.2, -0.15) is 0 Å². The smallest absolute Gasteiger partial charge is 0.228 e. The Bertz CT molecular complexity index is 661. The third-order valence-corrected chi connectivity index (χ3v) is 4.31. The molecule has 116 valence electrons. The molecule has 0 unspecified atom stereocenters. The predicted molar refractivity (Wildman–Crippen MR) is 93.4 cm³/mol. The van der Waals surface area contributed by atoms with Gasteiger partial charge in [0.15, 0.2) is 0 Å². The molecule has 2 aromatic carbocycles. The standard InChI is InChI=1S/C20H25NO/c1-5-14(2)18-8-6-7-9-19(18)21-20(22)13-17-11-10-15(3)16(4)12-17/h6-12,14H,5,13H2,1-4H3,(H,21,22)/t14-/m0/s1. The molecular formula is C20H25NO. The van der Waals surface area contributed by atoms with Crippen LogP contribution in [0, 0.1) is 13.8 Å². The summed E-state index contributed by atoms with van der Waals surface area (Å²) in [6.45, 7) is 8.52. The fourth-order valence-corrected chi connectivity index (χ4v) is 2.55. The molecule has 0 radical (unpaired) electrons. The number of hydrogen-bond acceptors (Lipinski definition) is 1. The van der Waals surface area contributed by atoms with E-state index in [1.807, 2.05) is 24.3 Å². The Balaban J connectivity index is 2.10. The van der Waals surface area contributed by atoms with Gasteiger partial charge in [0.2, 0.25) is 5.91 Å². The van der Waals surface area contributed by atoms with Crippen LogP contribution >= 0.6 is 0 Å². The first-order chi connectivity index (χ1) is 10.5. The molecule has 0 aliphatic rings. The summed E-state index contributed by atoms with van der Waals surface area (Å²) in [4.78, 5) is 12.3. The molecule has 2 aromatic rings. The minimum atomic E-state index is 0.0407. The maximum Gasteiger partial charge on any atom is 0.228 e. The molecule has 2 nitrogen and oxygen atoms in total. The molecule has 0 fully saturated rings. The maximum atomic E-state index is 12.3. The Morgan fingerprint density at radius 1 is 1.09 bits per heavy atom. The highest BCUT2D eigenvalue weighted by molar-refractivity contribution is 5.93. The first-order valence-electron chi connectivity index (χ1n) is 7.96. The van der Waals surface area contributed by atoms with Crippen molar-refractivity contribution >= 4 is 11.6 Å². The van der Waals surface area contributed by atoms with Crippen LogP contribution in [-0.2, 0) is 11.2 Å². The summed E-state index contributed by atoms with van der Waals surface area (Å²) < 4.78 is 0. The van der Waals surface area contributed by atoms with Gasteiger partial charge in [0.1, 0.15) is 0 Å². The molecule has 0 saturated carbocycles. The quantitative estimate of drug-likeness (QED) is 0.826. The Morgan fingerprint density at radius 2 is 1.82 bits per heavy atom. The van der Waals surface area contributed by atoms with E-state index in [0.29, 0.717) is 12.3 Å². The molecule has 22 heavy (non-hydrogen) atoms. The third kappa shape index (κ3) is 3.97. The molecular weight excluding hydrogens is 270 g/mol. The van der Waals surface area contributed by atoms with E-state index in [-0.39, 0.29) is 5.91 Å². The number of nitrogens with one attached hydrogen (secondary N) is 1. The molecule has 2 rings (SSSR count). The summed E-state index contributed by atoms with van der Waals surface area (Å²) in [6.07, 6.45) is 1.47. The monoisotopic (exact) mass is 295 g/mol. The van der Waals surface area contributed by atoms with Gasteiger partial charge in [-0.3, -0.25) is 4.79 Å². The summed E-state index contributed by atoms with van der Waals surface area (Å²) in [6, 6.07) is 14.3. The van der Waals surface area contributed by atoms with E-state index in [0.717, 1.165) is 17.7 Å². The lowest BCUT2D eigenvalue weighted by Gasteiger charge is -2.15. The Labute approximate surface area is 133 Å². The van der Waals surface area contributed by atoms with E-state index in [9.17, 15) is 4.79 Å². The lowest BCUT2D eigenvalue weighted by Crippen LogP contribution is -2.16. The number of carbonyl (C=O) groups excluding carboxylic acids is 1. The summed E-state index contributed by atoms with van der Waals surface area (Å²) in [7, 11) is 0. The van der Waals surface area contributed by atoms with Crippen LogP contribution in [0.3, 0.4) is 0 Å². The summed E-state index contributed by atoms with van der Waals surface area (Å²) in [5.41, 5.74) is 5.68. The van der Waals surface area contributed by atoms with Gasteiger partial charge in [0.05, 0.1) is 6.42 Å². The molecule has 1 N–H and O–H groups in total. The van der Waals surface area contributed by atoms with Gasteiger partial charge < -0.3 is 5.32 Å². The second-order valence-electron chi connectivity index (χ2n) is 6.04. The van der Waals surface area contributed by atoms with Crippen LogP contribution in [0.5, 0.6) is 0 Å². The highest BCUT2D eigenvalue weighted by Crippen LogP contribution is 2.26. The van der Waals surface area contributed by atoms with Crippen LogP contribution in [0.1, 0.15) is 48.4 Å². The SMILES string of the molecule is CC[C@H](C)c1ccccc1NC(=O)Cc1ccc(C)c(C)c1. The number of hydrogen-bond donors (Lipinski definition) is 1. The largest absolute Gasteiger partial charge is 0.326 e. The normalized spacial score (nSPS) is 12.0. The third-order valence-electron chi connectivity index (χ3n) is 4.31. The summed E-state index contributed by atoms with van der Waals surface area (Å²) in [5, 5.41) is 3.07. The highest BCUT2D eigenvalue weighted by atomic mass is 16.1.